The molecule has 1 aliphatic heterocycles. The number of nitrogens with one attached hydrogen (secondary N) is 2. The normalized spacial score (nSPS) is 15.7. The predicted octanol–water partition coefficient (Wildman–Crippen LogP) is 2.76. The van der Waals surface area contributed by atoms with Crippen molar-refractivity contribution in [1.29, 1.82) is 0 Å². The van der Waals surface area contributed by atoms with Crippen molar-refractivity contribution in [2.45, 2.75) is 18.4 Å². The van der Waals surface area contributed by atoms with Gasteiger partial charge in [-0.15, -0.1) is 36.2 Å². The van der Waals surface area contributed by atoms with Crippen molar-refractivity contribution in [3.63, 3.8) is 0 Å². The molecule has 0 spiro atoms. The first-order valence-electron chi connectivity index (χ1n) is 7.18. The summed E-state index contributed by atoms with van der Waals surface area (Å²) in [5.41, 5.74) is 0.794. The Morgan fingerprint density at radius 2 is 2.04 bits per heavy atom. The van der Waals surface area contributed by atoms with Gasteiger partial charge in [-0.1, -0.05) is 6.07 Å². The van der Waals surface area contributed by atoms with Crippen molar-refractivity contribution in [1.82, 2.24) is 15.3 Å². The van der Waals surface area contributed by atoms with Crippen molar-refractivity contribution in [3.05, 3.63) is 29.8 Å². The van der Waals surface area contributed by atoms with Crippen molar-refractivity contribution in [2.24, 2.45) is 0 Å². The van der Waals surface area contributed by atoms with Gasteiger partial charge in [0.25, 0.3) is 5.91 Å². The van der Waals surface area contributed by atoms with Crippen LogP contribution in [0.5, 0.6) is 0 Å². The number of piperidine rings is 1. The third-order valence-corrected chi connectivity index (χ3v) is 4.63. The van der Waals surface area contributed by atoms with Gasteiger partial charge in [-0.2, -0.15) is 0 Å². The van der Waals surface area contributed by atoms with Crippen LogP contribution in [0, 0.1) is 0 Å². The third-order valence-electron chi connectivity index (χ3n) is 3.87. The van der Waals surface area contributed by atoms with Crippen molar-refractivity contribution >= 4 is 47.2 Å². The van der Waals surface area contributed by atoms with E-state index in [0.717, 1.165) is 24.5 Å². The molecule has 0 aromatic carbocycles. The molecular formula is C15H20Cl2N4O2S. The number of rotatable bonds is 4. The SMILES string of the molecule is COC1(C(=O)Nc2nc(-c3ccccn3)cs2)CCNCC1.Cl.Cl. The van der Waals surface area contributed by atoms with E-state index in [1.54, 1.807) is 13.3 Å². The number of aromatic nitrogens is 2. The molecule has 2 aromatic heterocycles. The third kappa shape index (κ3) is 4.43. The fraction of sp³-hybridized carbons (Fsp3) is 0.400. The van der Waals surface area contributed by atoms with Crippen LogP contribution in [0.1, 0.15) is 12.8 Å². The molecule has 6 nitrogen and oxygen atoms in total. The molecule has 2 aromatic rings. The molecule has 1 aliphatic rings. The van der Waals surface area contributed by atoms with Gasteiger partial charge in [0.15, 0.2) is 5.13 Å². The number of hydrogen-bond donors (Lipinski definition) is 2. The van der Waals surface area contributed by atoms with E-state index in [1.165, 1.54) is 11.3 Å². The number of anilines is 1. The summed E-state index contributed by atoms with van der Waals surface area (Å²) >= 11 is 1.39. The number of carbonyl (C=O) groups excluding carboxylic acids is 1. The minimum atomic E-state index is -0.762. The minimum Gasteiger partial charge on any atom is -0.368 e. The van der Waals surface area contributed by atoms with E-state index in [0.29, 0.717) is 18.0 Å². The lowest BCUT2D eigenvalue weighted by atomic mass is 9.91. The summed E-state index contributed by atoms with van der Waals surface area (Å²) in [7, 11) is 1.59. The van der Waals surface area contributed by atoms with Crippen LogP contribution >= 0.6 is 36.2 Å². The molecule has 3 rings (SSSR count). The molecular weight excluding hydrogens is 371 g/mol. The van der Waals surface area contributed by atoms with Crippen LogP contribution in [0.25, 0.3) is 11.4 Å². The second-order valence-corrected chi connectivity index (χ2v) is 6.01. The monoisotopic (exact) mass is 390 g/mol. The van der Waals surface area contributed by atoms with E-state index >= 15 is 0 Å². The van der Waals surface area contributed by atoms with Gasteiger partial charge >= 0.3 is 0 Å². The average molecular weight is 391 g/mol. The fourth-order valence-electron chi connectivity index (χ4n) is 2.53. The molecule has 132 valence electrons. The highest BCUT2D eigenvalue weighted by atomic mass is 35.5. The molecule has 1 fully saturated rings. The second kappa shape index (κ2) is 9.29. The van der Waals surface area contributed by atoms with Gasteiger partial charge < -0.3 is 10.1 Å². The maximum Gasteiger partial charge on any atom is 0.258 e. The first-order chi connectivity index (χ1) is 10.7. The van der Waals surface area contributed by atoms with E-state index in [-0.39, 0.29) is 30.7 Å². The van der Waals surface area contributed by atoms with Gasteiger partial charge in [-0.05, 0) is 38.1 Å². The Morgan fingerprint density at radius 1 is 1.29 bits per heavy atom. The summed E-state index contributed by atoms with van der Waals surface area (Å²) in [6, 6.07) is 5.66. The van der Waals surface area contributed by atoms with Crippen LogP contribution in [-0.4, -0.2) is 41.7 Å². The zero-order valence-corrected chi connectivity index (χ0v) is 15.6. The molecule has 1 amide bonds. The lowest BCUT2D eigenvalue weighted by Crippen LogP contribution is -2.51. The average Bonchev–Trinajstić information content (AvgIpc) is 3.05. The van der Waals surface area contributed by atoms with Gasteiger partial charge in [-0.25, -0.2) is 4.98 Å². The molecule has 9 heteroatoms. The number of pyridine rings is 1. The Labute approximate surface area is 157 Å². The van der Waals surface area contributed by atoms with Crippen LogP contribution in [0.15, 0.2) is 29.8 Å². The van der Waals surface area contributed by atoms with Crippen molar-refractivity contribution < 1.29 is 9.53 Å². The molecule has 3 heterocycles. The van der Waals surface area contributed by atoms with E-state index in [4.69, 9.17) is 4.74 Å². The zero-order valence-electron chi connectivity index (χ0n) is 13.2. The van der Waals surface area contributed by atoms with Crippen LogP contribution in [0.4, 0.5) is 5.13 Å². The largest absolute Gasteiger partial charge is 0.368 e. The maximum atomic E-state index is 12.6. The number of methoxy groups -OCH3 is 1. The van der Waals surface area contributed by atoms with Crippen LogP contribution in [0.2, 0.25) is 0 Å². The molecule has 0 unspecified atom stereocenters. The standard InChI is InChI=1S/C15H18N4O2S.2ClH/c1-21-15(5-8-16-9-6-15)13(20)19-14-18-12(10-22-14)11-4-2-3-7-17-11;;/h2-4,7,10,16H,5-6,8-9H2,1H3,(H,18,19,20);2*1H. The van der Waals surface area contributed by atoms with Crippen LogP contribution in [-0.2, 0) is 9.53 Å². The van der Waals surface area contributed by atoms with Crippen LogP contribution < -0.4 is 10.6 Å². The Bertz CT molecular complexity index is 648. The Morgan fingerprint density at radius 3 is 2.67 bits per heavy atom. The molecule has 0 atom stereocenters. The highest BCUT2D eigenvalue weighted by molar-refractivity contribution is 7.14. The number of amides is 1. The lowest BCUT2D eigenvalue weighted by Gasteiger charge is -2.34. The molecule has 0 saturated carbocycles. The van der Waals surface area contributed by atoms with E-state index < -0.39 is 5.60 Å². The van der Waals surface area contributed by atoms with E-state index in [1.807, 2.05) is 23.6 Å². The summed E-state index contributed by atoms with van der Waals surface area (Å²) in [5, 5.41) is 8.58. The number of hydrogen-bond acceptors (Lipinski definition) is 6. The fourth-order valence-corrected chi connectivity index (χ4v) is 3.23. The van der Waals surface area contributed by atoms with E-state index in [9.17, 15) is 4.79 Å². The van der Waals surface area contributed by atoms with Gasteiger partial charge in [0.2, 0.25) is 0 Å². The van der Waals surface area contributed by atoms with Gasteiger partial charge in [0.05, 0.1) is 5.69 Å². The smallest absolute Gasteiger partial charge is 0.258 e. The molecule has 24 heavy (non-hydrogen) atoms. The number of nitrogens with zero attached hydrogens (tertiary/aromatic N) is 2. The van der Waals surface area contributed by atoms with Gasteiger partial charge in [0.1, 0.15) is 11.3 Å². The first kappa shape index (κ1) is 20.8. The summed E-state index contributed by atoms with van der Waals surface area (Å²) in [6.45, 7) is 1.55. The van der Waals surface area contributed by atoms with E-state index in [2.05, 4.69) is 20.6 Å². The van der Waals surface area contributed by atoms with Gasteiger partial charge in [0, 0.05) is 18.7 Å². The Balaban J connectivity index is 0.00000144. The first-order valence-corrected chi connectivity index (χ1v) is 8.06. The predicted molar refractivity (Wildman–Crippen MR) is 100 cm³/mol. The topological polar surface area (TPSA) is 76.1 Å². The molecule has 2 N–H and O–H groups in total. The van der Waals surface area contributed by atoms with Gasteiger partial charge in [-0.3, -0.25) is 15.1 Å². The highest BCUT2D eigenvalue weighted by Crippen LogP contribution is 2.27. The van der Waals surface area contributed by atoms with Crippen molar-refractivity contribution in [3.8, 4) is 11.4 Å². The highest BCUT2D eigenvalue weighted by Gasteiger charge is 2.40. The number of carbonyl (C=O) groups is 1. The Hall–Kier alpha value is -1.25. The molecule has 0 bridgehead atoms. The number of thiazole rings is 1. The summed E-state index contributed by atoms with van der Waals surface area (Å²) < 4.78 is 5.52. The Kier molecular flexibility index (Phi) is 8.05. The van der Waals surface area contributed by atoms with Crippen molar-refractivity contribution in [2.75, 3.05) is 25.5 Å². The summed E-state index contributed by atoms with van der Waals surface area (Å²) in [4.78, 5) is 21.2. The maximum absolute atomic E-state index is 12.6. The minimum absolute atomic E-state index is 0. The second-order valence-electron chi connectivity index (χ2n) is 5.16. The van der Waals surface area contributed by atoms with Crippen LogP contribution in [0.3, 0.4) is 0 Å². The lowest BCUT2D eigenvalue weighted by molar-refractivity contribution is -0.140. The molecule has 0 radical (unpaired) electrons. The number of halogens is 2. The molecule has 0 aliphatic carbocycles. The quantitative estimate of drug-likeness (QED) is 0.838. The zero-order chi connectivity index (χ0) is 15.4. The summed E-state index contributed by atoms with van der Waals surface area (Å²) in [5.74, 6) is -0.126. The summed E-state index contributed by atoms with van der Waals surface area (Å²) in [6.07, 6.45) is 3.05. The molecule has 1 saturated heterocycles. The number of ether oxygens (including phenoxy) is 1.